The van der Waals surface area contributed by atoms with Crippen LogP contribution in [0.2, 0.25) is 0 Å². The summed E-state index contributed by atoms with van der Waals surface area (Å²) in [4.78, 5) is 14.4. The van der Waals surface area contributed by atoms with Crippen LogP contribution in [0.4, 0.5) is 0 Å². The lowest BCUT2D eigenvalue weighted by atomic mass is 9.99. The van der Waals surface area contributed by atoms with Gasteiger partial charge in [-0.1, -0.05) is 6.92 Å². The molecule has 1 aliphatic heterocycles. The maximum atomic E-state index is 12.5. The fourth-order valence-electron chi connectivity index (χ4n) is 2.60. The molecule has 20 heavy (non-hydrogen) atoms. The molecule has 1 heterocycles. The van der Waals surface area contributed by atoms with Gasteiger partial charge in [-0.25, -0.2) is 13.6 Å². The highest BCUT2D eigenvalue weighted by Crippen LogP contribution is 2.21. The summed E-state index contributed by atoms with van der Waals surface area (Å²) in [6, 6.07) is 4.40. The average Bonchev–Trinajstić information content (AvgIpc) is 2.36. The van der Waals surface area contributed by atoms with Gasteiger partial charge in [0.25, 0.3) is 5.91 Å². The lowest BCUT2D eigenvalue weighted by molar-refractivity contribution is 0.0682. The van der Waals surface area contributed by atoms with Crippen molar-refractivity contribution in [2.45, 2.75) is 31.6 Å². The molecule has 0 aliphatic carbocycles. The van der Waals surface area contributed by atoms with E-state index in [-0.39, 0.29) is 10.8 Å². The Morgan fingerprint density at radius 1 is 1.40 bits per heavy atom. The molecule has 1 aliphatic rings. The highest BCUT2D eigenvalue weighted by molar-refractivity contribution is 7.89. The Hall–Kier alpha value is -1.40. The maximum Gasteiger partial charge on any atom is 0.254 e. The summed E-state index contributed by atoms with van der Waals surface area (Å²) < 4.78 is 22.6. The first-order chi connectivity index (χ1) is 9.29. The molecule has 0 aromatic heterocycles. The Morgan fingerprint density at radius 3 is 2.65 bits per heavy atom. The third-order valence-electron chi connectivity index (χ3n) is 3.70. The zero-order valence-corrected chi connectivity index (χ0v) is 12.6. The second-order valence-electron chi connectivity index (χ2n) is 5.52. The predicted octanol–water partition coefficient (Wildman–Crippen LogP) is 1.51. The summed E-state index contributed by atoms with van der Waals surface area (Å²) in [5.74, 6) is 0.478. The van der Waals surface area contributed by atoms with Crippen LogP contribution in [-0.2, 0) is 10.0 Å². The lowest BCUT2D eigenvalue weighted by Crippen LogP contribution is -2.39. The van der Waals surface area contributed by atoms with Gasteiger partial charge in [0, 0.05) is 18.7 Å². The third-order valence-corrected chi connectivity index (χ3v) is 4.61. The number of benzene rings is 1. The van der Waals surface area contributed by atoms with Crippen LogP contribution in [0.1, 0.15) is 35.7 Å². The zero-order chi connectivity index (χ0) is 14.9. The van der Waals surface area contributed by atoms with E-state index < -0.39 is 10.0 Å². The summed E-state index contributed by atoms with van der Waals surface area (Å²) in [5.41, 5.74) is 1.19. The normalized spacial score (nSPS) is 19.9. The molecule has 0 radical (unpaired) electrons. The van der Waals surface area contributed by atoms with Crippen LogP contribution in [0.3, 0.4) is 0 Å². The summed E-state index contributed by atoms with van der Waals surface area (Å²) >= 11 is 0. The van der Waals surface area contributed by atoms with E-state index in [9.17, 15) is 13.2 Å². The number of aryl methyl sites for hydroxylation is 1. The molecule has 0 bridgehead atoms. The minimum Gasteiger partial charge on any atom is -0.338 e. The van der Waals surface area contributed by atoms with Crippen LogP contribution in [0, 0.1) is 12.8 Å². The van der Waals surface area contributed by atoms with Crippen LogP contribution in [0.25, 0.3) is 0 Å². The highest BCUT2D eigenvalue weighted by atomic mass is 32.2. The van der Waals surface area contributed by atoms with Crippen molar-refractivity contribution in [3.63, 3.8) is 0 Å². The molecule has 1 fully saturated rings. The molecular weight excluding hydrogens is 276 g/mol. The first-order valence-electron chi connectivity index (χ1n) is 6.72. The van der Waals surface area contributed by atoms with E-state index in [0.717, 1.165) is 25.9 Å². The zero-order valence-electron chi connectivity index (χ0n) is 11.8. The molecule has 110 valence electrons. The highest BCUT2D eigenvalue weighted by Gasteiger charge is 2.23. The average molecular weight is 296 g/mol. The van der Waals surface area contributed by atoms with Crippen LogP contribution < -0.4 is 5.14 Å². The van der Waals surface area contributed by atoms with Crippen LogP contribution in [-0.4, -0.2) is 32.3 Å². The Labute approximate surface area is 119 Å². The SMILES string of the molecule is Cc1cc(S(N)(=O)=O)ccc1C(=O)N1CCCC(C)C1. The molecule has 5 nitrogen and oxygen atoms in total. The van der Waals surface area contributed by atoms with Crippen LogP contribution in [0.15, 0.2) is 23.1 Å². The van der Waals surface area contributed by atoms with E-state index in [1.54, 1.807) is 13.0 Å². The number of rotatable bonds is 2. The van der Waals surface area contributed by atoms with Gasteiger partial charge in [0.05, 0.1) is 4.90 Å². The summed E-state index contributed by atoms with van der Waals surface area (Å²) in [6.45, 7) is 5.39. The van der Waals surface area contributed by atoms with Gasteiger partial charge in [0.2, 0.25) is 10.0 Å². The summed E-state index contributed by atoms with van der Waals surface area (Å²) in [5, 5.41) is 5.09. The van der Waals surface area contributed by atoms with Crippen LogP contribution >= 0.6 is 0 Å². The van der Waals surface area contributed by atoms with E-state index in [0.29, 0.717) is 17.0 Å². The second kappa shape index (κ2) is 5.54. The maximum absolute atomic E-state index is 12.5. The van der Waals surface area contributed by atoms with Crippen molar-refractivity contribution in [2.75, 3.05) is 13.1 Å². The molecule has 0 saturated carbocycles. The Morgan fingerprint density at radius 2 is 2.10 bits per heavy atom. The van der Waals surface area contributed by atoms with Crippen molar-refractivity contribution in [1.29, 1.82) is 0 Å². The smallest absolute Gasteiger partial charge is 0.254 e. The molecular formula is C14H20N2O3S. The number of amides is 1. The molecule has 1 atom stereocenters. The molecule has 1 aromatic carbocycles. The van der Waals surface area contributed by atoms with Gasteiger partial charge >= 0.3 is 0 Å². The monoisotopic (exact) mass is 296 g/mol. The van der Waals surface area contributed by atoms with E-state index in [1.807, 2.05) is 4.90 Å². The van der Waals surface area contributed by atoms with Gasteiger partial charge in [0.1, 0.15) is 0 Å². The summed E-state index contributed by atoms with van der Waals surface area (Å²) in [7, 11) is -3.73. The largest absolute Gasteiger partial charge is 0.338 e. The van der Waals surface area contributed by atoms with Crippen LogP contribution in [0.5, 0.6) is 0 Å². The topological polar surface area (TPSA) is 80.5 Å². The fourth-order valence-corrected chi connectivity index (χ4v) is 3.20. The van der Waals surface area contributed by atoms with Gasteiger partial charge in [-0.15, -0.1) is 0 Å². The number of sulfonamides is 1. The quantitative estimate of drug-likeness (QED) is 0.898. The molecule has 1 amide bonds. The van der Waals surface area contributed by atoms with Gasteiger partial charge in [-0.3, -0.25) is 4.79 Å². The predicted molar refractivity (Wildman–Crippen MR) is 76.9 cm³/mol. The molecule has 1 saturated heterocycles. The molecule has 6 heteroatoms. The van der Waals surface area contributed by atoms with E-state index >= 15 is 0 Å². The Bertz CT molecular complexity index is 625. The number of hydrogen-bond donors (Lipinski definition) is 1. The molecule has 2 rings (SSSR count). The fraction of sp³-hybridized carbons (Fsp3) is 0.500. The number of nitrogens with two attached hydrogens (primary N) is 1. The number of nitrogens with zero attached hydrogens (tertiary/aromatic N) is 1. The Balaban J connectivity index is 2.27. The van der Waals surface area contributed by atoms with Crippen molar-refractivity contribution in [2.24, 2.45) is 11.1 Å². The van der Waals surface area contributed by atoms with Gasteiger partial charge in [-0.2, -0.15) is 0 Å². The van der Waals surface area contributed by atoms with Gasteiger partial charge in [0.15, 0.2) is 0 Å². The van der Waals surface area contributed by atoms with Crippen molar-refractivity contribution in [3.8, 4) is 0 Å². The van der Waals surface area contributed by atoms with Gasteiger partial charge < -0.3 is 4.90 Å². The molecule has 0 spiro atoms. The number of hydrogen-bond acceptors (Lipinski definition) is 3. The standard InChI is InChI=1S/C14H20N2O3S/c1-10-4-3-7-16(9-10)14(17)13-6-5-12(8-11(13)2)20(15,18)19/h5-6,8,10H,3-4,7,9H2,1-2H3,(H2,15,18,19). The number of likely N-dealkylation sites (tertiary alicyclic amines) is 1. The molecule has 1 unspecified atom stereocenters. The van der Waals surface area contributed by atoms with Crippen molar-refractivity contribution in [1.82, 2.24) is 4.90 Å². The molecule has 1 aromatic rings. The summed E-state index contributed by atoms with van der Waals surface area (Å²) in [6.07, 6.45) is 2.16. The lowest BCUT2D eigenvalue weighted by Gasteiger charge is -2.31. The van der Waals surface area contributed by atoms with Crippen molar-refractivity contribution in [3.05, 3.63) is 29.3 Å². The third kappa shape index (κ3) is 3.19. The second-order valence-corrected chi connectivity index (χ2v) is 7.08. The van der Waals surface area contributed by atoms with Crippen molar-refractivity contribution < 1.29 is 13.2 Å². The number of primary sulfonamides is 1. The number of piperidine rings is 1. The molecule has 2 N–H and O–H groups in total. The van der Waals surface area contributed by atoms with Gasteiger partial charge in [-0.05, 0) is 49.4 Å². The van der Waals surface area contributed by atoms with E-state index in [2.05, 4.69) is 6.92 Å². The Kier molecular flexibility index (Phi) is 4.15. The first-order valence-corrected chi connectivity index (χ1v) is 8.26. The van der Waals surface area contributed by atoms with E-state index in [1.165, 1.54) is 12.1 Å². The number of carbonyl (C=O) groups is 1. The minimum absolute atomic E-state index is 0.0324. The van der Waals surface area contributed by atoms with E-state index in [4.69, 9.17) is 5.14 Å². The minimum atomic E-state index is -3.73. The first kappa shape index (κ1) is 15.0. The number of carbonyl (C=O) groups excluding carboxylic acids is 1. The van der Waals surface area contributed by atoms with Crippen molar-refractivity contribution >= 4 is 15.9 Å².